The van der Waals surface area contributed by atoms with E-state index in [-0.39, 0.29) is 0 Å². The van der Waals surface area contributed by atoms with Crippen LogP contribution in [0.1, 0.15) is 0 Å². The van der Waals surface area contributed by atoms with Crippen molar-refractivity contribution in [3.8, 4) is 0 Å². The molecule has 0 saturated heterocycles. The van der Waals surface area contributed by atoms with Gasteiger partial charge in [0.1, 0.15) is 0 Å². The third-order valence-electron chi connectivity index (χ3n) is 2.70. The molecule has 0 aliphatic rings. The fourth-order valence-electron chi connectivity index (χ4n) is 1.84. The second-order valence-corrected chi connectivity index (χ2v) is 7.11. The van der Waals surface area contributed by atoms with Crippen LogP contribution in [0.5, 0.6) is 0 Å². The molecule has 3 rings (SSSR count). The second kappa shape index (κ2) is 6.29. The van der Waals surface area contributed by atoms with Crippen molar-refractivity contribution in [2.75, 3.05) is 5.32 Å². The van der Waals surface area contributed by atoms with Gasteiger partial charge < -0.3 is 5.32 Å². The van der Waals surface area contributed by atoms with Crippen LogP contribution in [-0.2, 0) is 0 Å². The van der Waals surface area contributed by atoms with E-state index in [1.54, 1.807) is 18.2 Å². The molecule has 0 spiro atoms. The molecule has 2 aromatic carbocycles. The molecule has 0 aliphatic carbocycles. The van der Waals surface area contributed by atoms with Crippen LogP contribution in [0.2, 0.25) is 0 Å². The van der Waals surface area contributed by atoms with Gasteiger partial charge in [-0.3, -0.25) is 0 Å². The standard InChI is InChI=1S/C14H9BrF2N2S2/c15-8-5-6-10-12(7-8)21-14(19-10)18-9-3-1-2-4-11(9)20-13(16)17/h1-7,13H,(H,18,19). The van der Waals surface area contributed by atoms with Crippen molar-refractivity contribution < 1.29 is 8.78 Å². The summed E-state index contributed by atoms with van der Waals surface area (Å²) >= 11 is 5.43. The zero-order chi connectivity index (χ0) is 14.8. The van der Waals surface area contributed by atoms with E-state index in [2.05, 4.69) is 26.2 Å². The van der Waals surface area contributed by atoms with Gasteiger partial charge in [0.25, 0.3) is 5.76 Å². The number of anilines is 2. The molecular formula is C14H9BrF2N2S2. The summed E-state index contributed by atoms with van der Waals surface area (Å²) in [5.41, 5.74) is 1.52. The minimum absolute atomic E-state index is 0.507. The number of fused-ring (bicyclic) bond motifs is 1. The molecule has 1 aromatic heterocycles. The summed E-state index contributed by atoms with van der Waals surface area (Å²) in [6.07, 6.45) is 0. The Kier molecular flexibility index (Phi) is 4.42. The van der Waals surface area contributed by atoms with Crippen LogP contribution in [0.25, 0.3) is 10.2 Å². The summed E-state index contributed by atoms with van der Waals surface area (Å²) in [6.45, 7) is 0. The summed E-state index contributed by atoms with van der Waals surface area (Å²) in [4.78, 5) is 4.97. The monoisotopic (exact) mass is 386 g/mol. The molecule has 21 heavy (non-hydrogen) atoms. The second-order valence-electron chi connectivity index (χ2n) is 4.13. The van der Waals surface area contributed by atoms with Crippen molar-refractivity contribution in [2.24, 2.45) is 0 Å². The summed E-state index contributed by atoms with van der Waals surface area (Å²) < 4.78 is 27.2. The lowest BCUT2D eigenvalue weighted by Gasteiger charge is -2.08. The molecule has 0 unspecified atom stereocenters. The SMILES string of the molecule is FC(F)Sc1ccccc1Nc1nc2ccc(Br)cc2s1. The van der Waals surface area contributed by atoms with Crippen molar-refractivity contribution in [3.63, 3.8) is 0 Å². The number of halogens is 3. The van der Waals surface area contributed by atoms with Gasteiger partial charge >= 0.3 is 0 Å². The van der Waals surface area contributed by atoms with Crippen LogP contribution < -0.4 is 5.32 Å². The quantitative estimate of drug-likeness (QED) is 0.546. The fourth-order valence-corrected chi connectivity index (χ4v) is 3.86. The van der Waals surface area contributed by atoms with Crippen LogP contribution in [-0.4, -0.2) is 10.7 Å². The van der Waals surface area contributed by atoms with Gasteiger partial charge in [0, 0.05) is 9.37 Å². The molecule has 3 aromatic rings. The minimum atomic E-state index is -2.45. The number of hydrogen-bond acceptors (Lipinski definition) is 4. The number of rotatable bonds is 4. The third kappa shape index (κ3) is 3.53. The van der Waals surface area contributed by atoms with E-state index in [4.69, 9.17) is 0 Å². The number of thioether (sulfide) groups is 1. The van der Waals surface area contributed by atoms with Gasteiger partial charge in [0.15, 0.2) is 5.13 Å². The number of nitrogens with one attached hydrogen (secondary N) is 1. The Bertz CT molecular complexity index is 777. The molecular weight excluding hydrogens is 378 g/mol. The summed E-state index contributed by atoms with van der Waals surface area (Å²) in [5, 5.41) is 3.81. The van der Waals surface area contributed by atoms with Gasteiger partial charge in [0.05, 0.1) is 15.9 Å². The van der Waals surface area contributed by atoms with Crippen molar-refractivity contribution in [2.45, 2.75) is 10.7 Å². The van der Waals surface area contributed by atoms with Gasteiger partial charge in [-0.2, -0.15) is 8.78 Å². The third-order valence-corrected chi connectivity index (χ3v) is 4.91. The van der Waals surface area contributed by atoms with Crippen LogP contribution >= 0.6 is 39.0 Å². The molecule has 0 bridgehead atoms. The molecule has 0 radical (unpaired) electrons. The van der Waals surface area contributed by atoms with Crippen LogP contribution in [0.4, 0.5) is 19.6 Å². The zero-order valence-corrected chi connectivity index (χ0v) is 13.7. The highest BCUT2D eigenvalue weighted by molar-refractivity contribution is 9.10. The molecule has 0 fully saturated rings. The van der Waals surface area contributed by atoms with Crippen molar-refractivity contribution in [1.29, 1.82) is 0 Å². The molecule has 0 amide bonds. The number of aromatic nitrogens is 1. The number of benzene rings is 2. The first-order chi connectivity index (χ1) is 10.1. The Morgan fingerprint density at radius 3 is 2.81 bits per heavy atom. The topological polar surface area (TPSA) is 24.9 Å². The van der Waals surface area contributed by atoms with Crippen LogP contribution in [0, 0.1) is 0 Å². The lowest BCUT2D eigenvalue weighted by atomic mass is 10.3. The van der Waals surface area contributed by atoms with Crippen molar-refractivity contribution >= 4 is 60.1 Å². The molecule has 0 saturated carbocycles. The first kappa shape index (κ1) is 14.7. The first-order valence-electron chi connectivity index (χ1n) is 5.99. The zero-order valence-electron chi connectivity index (χ0n) is 10.5. The maximum atomic E-state index is 12.6. The van der Waals surface area contributed by atoms with Gasteiger partial charge in [0.2, 0.25) is 0 Å². The van der Waals surface area contributed by atoms with E-state index in [1.807, 2.05) is 24.3 Å². The molecule has 108 valence electrons. The number of nitrogens with zero attached hydrogens (tertiary/aromatic N) is 1. The Morgan fingerprint density at radius 1 is 1.19 bits per heavy atom. The molecule has 0 atom stereocenters. The Labute approximate surface area is 136 Å². The average molecular weight is 387 g/mol. The van der Waals surface area contributed by atoms with E-state index in [9.17, 15) is 8.78 Å². The van der Waals surface area contributed by atoms with E-state index in [0.717, 1.165) is 14.7 Å². The first-order valence-corrected chi connectivity index (χ1v) is 8.48. The predicted molar refractivity (Wildman–Crippen MR) is 88.9 cm³/mol. The number of para-hydroxylation sites is 1. The highest BCUT2D eigenvalue weighted by Crippen LogP contribution is 2.35. The fraction of sp³-hybridized carbons (Fsp3) is 0.0714. The van der Waals surface area contributed by atoms with Crippen molar-refractivity contribution in [1.82, 2.24) is 4.98 Å². The summed E-state index contributed by atoms with van der Waals surface area (Å²) in [5.74, 6) is -2.45. The lowest BCUT2D eigenvalue weighted by molar-refractivity contribution is 0.252. The van der Waals surface area contributed by atoms with E-state index in [1.165, 1.54) is 11.3 Å². The van der Waals surface area contributed by atoms with E-state index in [0.29, 0.717) is 27.5 Å². The van der Waals surface area contributed by atoms with Gasteiger partial charge in [-0.1, -0.05) is 51.2 Å². The molecule has 0 aliphatic heterocycles. The van der Waals surface area contributed by atoms with Gasteiger partial charge in [-0.25, -0.2) is 4.98 Å². The minimum Gasteiger partial charge on any atom is -0.331 e. The van der Waals surface area contributed by atoms with E-state index < -0.39 is 5.76 Å². The molecule has 7 heteroatoms. The maximum absolute atomic E-state index is 12.6. The molecule has 2 nitrogen and oxygen atoms in total. The number of alkyl halides is 2. The Morgan fingerprint density at radius 2 is 2.00 bits per heavy atom. The van der Waals surface area contributed by atoms with Crippen LogP contribution in [0.15, 0.2) is 51.8 Å². The van der Waals surface area contributed by atoms with Crippen LogP contribution in [0.3, 0.4) is 0 Å². The highest BCUT2D eigenvalue weighted by atomic mass is 79.9. The number of thiazole rings is 1. The normalized spacial score (nSPS) is 11.2. The summed E-state index contributed by atoms with van der Waals surface area (Å²) in [6, 6.07) is 12.8. The molecule has 1 heterocycles. The average Bonchev–Trinajstić information content (AvgIpc) is 2.82. The van der Waals surface area contributed by atoms with Crippen molar-refractivity contribution in [3.05, 3.63) is 46.9 Å². The smallest absolute Gasteiger partial charge is 0.288 e. The Balaban J connectivity index is 1.91. The Hall–Kier alpha value is -1.18. The highest BCUT2D eigenvalue weighted by Gasteiger charge is 2.11. The molecule has 1 N–H and O–H groups in total. The number of hydrogen-bond donors (Lipinski definition) is 1. The predicted octanol–water partition coefficient (Wildman–Crippen LogP) is 6.12. The summed E-state index contributed by atoms with van der Waals surface area (Å²) in [7, 11) is 0. The van der Waals surface area contributed by atoms with Gasteiger partial charge in [-0.05, 0) is 30.3 Å². The maximum Gasteiger partial charge on any atom is 0.288 e. The van der Waals surface area contributed by atoms with Gasteiger partial charge in [-0.15, -0.1) is 0 Å². The van der Waals surface area contributed by atoms with E-state index >= 15 is 0 Å². The lowest BCUT2D eigenvalue weighted by Crippen LogP contribution is -1.93. The largest absolute Gasteiger partial charge is 0.331 e.